The second-order valence-electron chi connectivity index (χ2n) is 6.00. The molecule has 0 unspecified atom stereocenters. The first-order valence-corrected chi connectivity index (χ1v) is 7.99. The SMILES string of the molecule is Cc1ccn2c(C=O)c(-c3ccc(-c4ccccc4)cc3)cc2c1. The van der Waals surface area contributed by atoms with Gasteiger partial charge in [0.25, 0.3) is 0 Å². The second-order valence-corrected chi connectivity index (χ2v) is 6.00. The van der Waals surface area contributed by atoms with E-state index in [0.29, 0.717) is 5.69 Å². The van der Waals surface area contributed by atoms with Crippen molar-refractivity contribution in [2.24, 2.45) is 0 Å². The predicted octanol–water partition coefficient (Wildman–Crippen LogP) is 5.39. The van der Waals surface area contributed by atoms with Gasteiger partial charge in [0.05, 0.1) is 5.69 Å². The van der Waals surface area contributed by atoms with Crippen LogP contribution in [-0.2, 0) is 0 Å². The van der Waals surface area contributed by atoms with Crippen LogP contribution in [0.25, 0.3) is 27.8 Å². The summed E-state index contributed by atoms with van der Waals surface area (Å²) in [4.78, 5) is 11.6. The van der Waals surface area contributed by atoms with Crippen molar-refractivity contribution in [3.63, 3.8) is 0 Å². The van der Waals surface area contributed by atoms with Gasteiger partial charge in [0, 0.05) is 17.3 Å². The molecule has 0 amide bonds. The molecule has 0 saturated carbocycles. The molecule has 4 aromatic rings. The van der Waals surface area contributed by atoms with Crippen LogP contribution in [-0.4, -0.2) is 10.7 Å². The van der Waals surface area contributed by atoms with Crippen LogP contribution < -0.4 is 0 Å². The third kappa shape index (κ3) is 2.42. The number of rotatable bonds is 3. The smallest absolute Gasteiger partial charge is 0.167 e. The summed E-state index contributed by atoms with van der Waals surface area (Å²) < 4.78 is 1.94. The average Bonchev–Trinajstić information content (AvgIpc) is 3.00. The number of hydrogen-bond donors (Lipinski definition) is 0. The monoisotopic (exact) mass is 311 g/mol. The highest BCUT2D eigenvalue weighted by molar-refractivity contribution is 5.90. The zero-order valence-electron chi connectivity index (χ0n) is 13.4. The average molecular weight is 311 g/mol. The van der Waals surface area contributed by atoms with Gasteiger partial charge >= 0.3 is 0 Å². The van der Waals surface area contributed by atoms with E-state index in [0.717, 1.165) is 22.9 Å². The van der Waals surface area contributed by atoms with Gasteiger partial charge in [-0.1, -0.05) is 54.6 Å². The lowest BCUT2D eigenvalue weighted by atomic mass is 10.0. The lowest BCUT2D eigenvalue weighted by Gasteiger charge is -2.04. The summed E-state index contributed by atoms with van der Waals surface area (Å²) in [5, 5.41) is 0. The van der Waals surface area contributed by atoms with Crippen molar-refractivity contribution in [2.45, 2.75) is 6.92 Å². The molecule has 0 radical (unpaired) electrons. The number of carbonyl (C=O) groups is 1. The summed E-state index contributed by atoms with van der Waals surface area (Å²) in [6, 6.07) is 24.8. The van der Waals surface area contributed by atoms with Crippen molar-refractivity contribution in [3.8, 4) is 22.3 Å². The molecule has 2 aromatic carbocycles. The van der Waals surface area contributed by atoms with E-state index in [1.807, 2.05) is 34.9 Å². The fourth-order valence-electron chi connectivity index (χ4n) is 3.14. The Morgan fingerprint density at radius 3 is 2.17 bits per heavy atom. The minimum absolute atomic E-state index is 0.692. The maximum Gasteiger partial charge on any atom is 0.167 e. The predicted molar refractivity (Wildman–Crippen MR) is 98.4 cm³/mol. The lowest BCUT2D eigenvalue weighted by Crippen LogP contribution is -1.92. The van der Waals surface area contributed by atoms with E-state index in [9.17, 15) is 4.79 Å². The highest BCUT2D eigenvalue weighted by Crippen LogP contribution is 2.29. The number of aldehydes is 1. The number of benzene rings is 2. The molecular weight excluding hydrogens is 294 g/mol. The Labute approximate surface area is 141 Å². The maximum atomic E-state index is 11.6. The first kappa shape index (κ1) is 14.5. The van der Waals surface area contributed by atoms with Crippen molar-refractivity contribution in [1.82, 2.24) is 4.40 Å². The summed E-state index contributed by atoms with van der Waals surface area (Å²) >= 11 is 0. The standard InChI is InChI=1S/C22H17NO/c1-16-11-12-23-20(13-16)14-21(22(23)15-24)19-9-7-18(8-10-19)17-5-3-2-4-6-17/h2-15H,1H3. The molecule has 2 aromatic heterocycles. The van der Waals surface area contributed by atoms with Crippen molar-refractivity contribution < 1.29 is 4.79 Å². The third-order valence-corrected chi connectivity index (χ3v) is 4.38. The molecule has 0 N–H and O–H groups in total. The third-order valence-electron chi connectivity index (χ3n) is 4.38. The molecule has 0 aliphatic carbocycles. The molecule has 0 atom stereocenters. The number of aromatic nitrogens is 1. The van der Waals surface area contributed by atoms with Crippen molar-refractivity contribution in [2.75, 3.05) is 0 Å². The van der Waals surface area contributed by atoms with Gasteiger partial charge < -0.3 is 4.40 Å². The van der Waals surface area contributed by atoms with Crippen molar-refractivity contribution in [3.05, 3.63) is 90.3 Å². The van der Waals surface area contributed by atoms with E-state index in [-0.39, 0.29) is 0 Å². The van der Waals surface area contributed by atoms with Crippen molar-refractivity contribution >= 4 is 11.8 Å². The summed E-state index contributed by atoms with van der Waals surface area (Å²) in [5.74, 6) is 0. The number of fused-ring (bicyclic) bond motifs is 1. The highest BCUT2D eigenvalue weighted by atomic mass is 16.1. The maximum absolute atomic E-state index is 11.6. The van der Waals surface area contributed by atoms with Gasteiger partial charge in [-0.2, -0.15) is 0 Å². The molecular formula is C22H17NO. The van der Waals surface area contributed by atoms with Gasteiger partial charge in [0.1, 0.15) is 0 Å². The Morgan fingerprint density at radius 2 is 1.46 bits per heavy atom. The summed E-state index contributed by atoms with van der Waals surface area (Å²) in [6.45, 7) is 2.06. The van der Waals surface area contributed by atoms with Crippen LogP contribution in [0.3, 0.4) is 0 Å². The van der Waals surface area contributed by atoms with E-state index in [4.69, 9.17) is 0 Å². The Hall–Kier alpha value is -3.13. The molecule has 0 bridgehead atoms. The molecule has 4 rings (SSSR count). The summed E-state index contributed by atoms with van der Waals surface area (Å²) in [6.07, 6.45) is 2.89. The fraction of sp³-hybridized carbons (Fsp3) is 0.0455. The van der Waals surface area contributed by atoms with E-state index in [1.54, 1.807) is 0 Å². The zero-order valence-corrected chi connectivity index (χ0v) is 13.4. The molecule has 2 nitrogen and oxygen atoms in total. The zero-order chi connectivity index (χ0) is 16.5. The van der Waals surface area contributed by atoms with E-state index >= 15 is 0 Å². The van der Waals surface area contributed by atoms with Gasteiger partial charge in [-0.05, 0) is 47.4 Å². The molecule has 0 spiro atoms. The van der Waals surface area contributed by atoms with E-state index in [1.165, 1.54) is 16.7 Å². The summed E-state index contributed by atoms with van der Waals surface area (Å²) in [5.41, 5.74) is 7.30. The van der Waals surface area contributed by atoms with Crippen LogP contribution in [0.4, 0.5) is 0 Å². The fourth-order valence-corrected chi connectivity index (χ4v) is 3.14. The quantitative estimate of drug-likeness (QED) is 0.465. The van der Waals surface area contributed by atoms with Crippen LogP contribution in [0.15, 0.2) is 79.0 Å². The van der Waals surface area contributed by atoms with E-state index < -0.39 is 0 Å². The Morgan fingerprint density at radius 1 is 0.792 bits per heavy atom. The normalized spacial score (nSPS) is 10.9. The molecule has 2 heteroatoms. The highest BCUT2D eigenvalue weighted by Gasteiger charge is 2.11. The van der Waals surface area contributed by atoms with Gasteiger partial charge in [-0.15, -0.1) is 0 Å². The Balaban J connectivity index is 1.81. The largest absolute Gasteiger partial charge is 0.314 e. The molecule has 0 aliphatic heterocycles. The van der Waals surface area contributed by atoms with Crippen molar-refractivity contribution in [1.29, 1.82) is 0 Å². The molecule has 24 heavy (non-hydrogen) atoms. The van der Waals surface area contributed by atoms with Crippen LogP contribution in [0.2, 0.25) is 0 Å². The topological polar surface area (TPSA) is 21.5 Å². The number of aryl methyl sites for hydroxylation is 1. The second kappa shape index (κ2) is 5.82. The lowest BCUT2D eigenvalue weighted by molar-refractivity contribution is 0.111. The summed E-state index contributed by atoms with van der Waals surface area (Å²) in [7, 11) is 0. The van der Waals surface area contributed by atoms with Gasteiger partial charge in [0.2, 0.25) is 0 Å². The number of nitrogens with zero attached hydrogens (tertiary/aromatic N) is 1. The number of carbonyl (C=O) groups excluding carboxylic acids is 1. The van der Waals surface area contributed by atoms with Crippen LogP contribution >= 0.6 is 0 Å². The van der Waals surface area contributed by atoms with Crippen LogP contribution in [0, 0.1) is 6.92 Å². The minimum Gasteiger partial charge on any atom is -0.314 e. The van der Waals surface area contributed by atoms with Gasteiger partial charge in [-0.3, -0.25) is 4.79 Å². The molecule has 0 saturated heterocycles. The number of hydrogen-bond acceptors (Lipinski definition) is 1. The first-order valence-electron chi connectivity index (χ1n) is 7.99. The van der Waals surface area contributed by atoms with Crippen LogP contribution in [0.5, 0.6) is 0 Å². The number of pyridine rings is 1. The molecule has 116 valence electrons. The molecule has 0 aliphatic rings. The first-order chi connectivity index (χ1) is 11.8. The van der Waals surface area contributed by atoms with Gasteiger partial charge in [0.15, 0.2) is 6.29 Å². The van der Waals surface area contributed by atoms with Gasteiger partial charge in [-0.25, -0.2) is 0 Å². The Kier molecular flexibility index (Phi) is 3.51. The molecule has 0 fully saturated rings. The Bertz CT molecular complexity index is 1010. The minimum atomic E-state index is 0.692. The van der Waals surface area contributed by atoms with Crippen LogP contribution in [0.1, 0.15) is 16.1 Å². The van der Waals surface area contributed by atoms with E-state index in [2.05, 4.69) is 55.5 Å². The molecule has 2 heterocycles.